The van der Waals surface area contributed by atoms with Crippen LogP contribution in [0.25, 0.3) is 0 Å². The number of sulfonamides is 1. The number of anilines is 1. The highest BCUT2D eigenvalue weighted by Crippen LogP contribution is 2.32. The molecule has 0 aliphatic carbocycles. The molecular weight excluding hydrogens is 320 g/mol. The molecule has 2 rings (SSSR count). The van der Waals surface area contributed by atoms with Crippen LogP contribution in [0.3, 0.4) is 0 Å². The summed E-state index contributed by atoms with van der Waals surface area (Å²) >= 11 is 0. The monoisotopic (exact) mass is 346 g/mol. The lowest BCUT2D eigenvalue weighted by atomic mass is 9.81. The highest BCUT2D eigenvalue weighted by Gasteiger charge is 2.37. The Labute approximate surface area is 137 Å². The summed E-state index contributed by atoms with van der Waals surface area (Å²) in [5.41, 5.74) is -0.0283. The number of hydrogen-bond acceptors (Lipinski definition) is 7. The third-order valence-electron chi connectivity index (χ3n) is 4.33. The predicted octanol–water partition coefficient (Wildman–Crippen LogP) is -0.184. The fourth-order valence-corrected chi connectivity index (χ4v) is 3.67. The maximum atomic E-state index is 11.9. The number of nitrogens with zero attached hydrogens (tertiary/aromatic N) is 6. The topological polar surface area (TPSA) is 93.5 Å². The zero-order valence-electron chi connectivity index (χ0n) is 14.4. The van der Waals surface area contributed by atoms with Gasteiger partial charge in [0.15, 0.2) is 0 Å². The molecule has 1 aliphatic rings. The summed E-state index contributed by atoms with van der Waals surface area (Å²) in [7, 11) is 1.50. The van der Waals surface area contributed by atoms with Crippen molar-refractivity contribution in [2.75, 3.05) is 44.9 Å². The molecule has 23 heavy (non-hydrogen) atoms. The lowest BCUT2D eigenvalue weighted by molar-refractivity contribution is -0.00674. The zero-order chi connectivity index (χ0) is 17.3. The molecule has 0 spiro atoms. The number of rotatable bonds is 6. The van der Waals surface area contributed by atoms with Crippen LogP contribution in [-0.4, -0.2) is 79.1 Å². The molecule has 1 unspecified atom stereocenters. The third-order valence-corrected chi connectivity index (χ3v) is 6.14. The van der Waals surface area contributed by atoms with E-state index in [-0.39, 0.29) is 23.8 Å². The Hall–Kier alpha value is -1.26. The number of aromatic nitrogens is 4. The van der Waals surface area contributed by atoms with E-state index in [0.29, 0.717) is 5.95 Å². The minimum atomic E-state index is -3.28. The molecule has 2 heterocycles. The van der Waals surface area contributed by atoms with Gasteiger partial charge < -0.3 is 9.64 Å². The van der Waals surface area contributed by atoms with Gasteiger partial charge in [-0.05, 0) is 16.8 Å². The molecule has 1 fully saturated rings. The van der Waals surface area contributed by atoms with E-state index in [1.165, 1.54) is 18.4 Å². The van der Waals surface area contributed by atoms with Crippen molar-refractivity contribution in [3.8, 4) is 0 Å². The van der Waals surface area contributed by atoms with Crippen LogP contribution in [0.15, 0.2) is 0 Å². The molecule has 9 nitrogen and oxygen atoms in total. The number of hydrogen-bond donors (Lipinski definition) is 0. The van der Waals surface area contributed by atoms with Crippen molar-refractivity contribution in [2.45, 2.75) is 32.9 Å². The van der Waals surface area contributed by atoms with Crippen LogP contribution in [-0.2, 0) is 21.3 Å². The van der Waals surface area contributed by atoms with Gasteiger partial charge in [0.2, 0.25) is 16.0 Å². The standard InChI is InChI=1S/C13H26N6O3S/c1-13(2)10-18(7-6-11(13)22-5)12-14-15-16-19(12)8-9-23(20,21)17(3)4/h11H,6-10H2,1-5H3. The van der Waals surface area contributed by atoms with Gasteiger partial charge in [0.25, 0.3) is 0 Å². The van der Waals surface area contributed by atoms with E-state index in [9.17, 15) is 8.42 Å². The van der Waals surface area contributed by atoms with E-state index in [1.54, 1.807) is 11.8 Å². The number of tetrazole rings is 1. The summed E-state index contributed by atoms with van der Waals surface area (Å²) in [4.78, 5) is 2.10. The second-order valence-electron chi connectivity index (χ2n) is 6.72. The predicted molar refractivity (Wildman–Crippen MR) is 86.7 cm³/mol. The van der Waals surface area contributed by atoms with Gasteiger partial charge in [0.1, 0.15) is 0 Å². The molecule has 0 bridgehead atoms. The number of piperidine rings is 1. The fraction of sp³-hybridized carbons (Fsp3) is 0.923. The molecule has 1 atom stereocenters. The number of methoxy groups -OCH3 is 1. The minimum Gasteiger partial charge on any atom is -0.381 e. The van der Waals surface area contributed by atoms with Gasteiger partial charge in [0.05, 0.1) is 18.4 Å². The molecule has 0 radical (unpaired) electrons. The quantitative estimate of drug-likeness (QED) is 0.705. The van der Waals surface area contributed by atoms with Crippen LogP contribution in [0.1, 0.15) is 20.3 Å². The molecule has 1 saturated heterocycles. The van der Waals surface area contributed by atoms with E-state index >= 15 is 0 Å². The Morgan fingerprint density at radius 3 is 2.65 bits per heavy atom. The van der Waals surface area contributed by atoms with Gasteiger partial charge in [-0.3, -0.25) is 0 Å². The van der Waals surface area contributed by atoms with Crippen LogP contribution in [0, 0.1) is 5.41 Å². The van der Waals surface area contributed by atoms with Crippen molar-refractivity contribution < 1.29 is 13.2 Å². The highest BCUT2D eigenvalue weighted by molar-refractivity contribution is 7.89. The molecule has 0 amide bonds. The van der Waals surface area contributed by atoms with E-state index < -0.39 is 10.0 Å². The second-order valence-corrected chi connectivity index (χ2v) is 9.03. The SMILES string of the molecule is COC1CCN(c2nnnn2CCS(=O)(=O)N(C)C)CC1(C)C. The van der Waals surface area contributed by atoms with Crippen LogP contribution >= 0.6 is 0 Å². The molecule has 10 heteroatoms. The summed E-state index contributed by atoms with van der Waals surface area (Å²) < 4.78 is 32.1. The number of aryl methyl sites for hydroxylation is 1. The first-order chi connectivity index (χ1) is 10.7. The largest absolute Gasteiger partial charge is 0.381 e. The first kappa shape index (κ1) is 18.1. The Morgan fingerprint density at radius 2 is 2.09 bits per heavy atom. The van der Waals surface area contributed by atoms with Gasteiger partial charge in [-0.25, -0.2) is 17.4 Å². The van der Waals surface area contributed by atoms with Crippen molar-refractivity contribution in [1.82, 2.24) is 24.5 Å². The maximum Gasteiger partial charge on any atom is 0.245 e. The van der Waals surface area contributed by atoms with E-state index in [2.05, 4.69) is 34.3 Å². The maximum absolute atomic E-state index is 11.9. The smallest absolute Gasteiger partial charge is 0.245 e. The molecular formula is C13H26N6O3S. The Kier molecular flexibility index (Phi) is 5.27. The van der Waals surface area contributed by atoms with Gasteiger partial charge >= 0.3 is 0 Å². The Bertz CT molecular complexity index is 627. The van der Waals surface area contributed by atoms with Crippen LogP contribution in [0.5, 0.6) is 0 Å². The highest BCUT2D eigenvalue weighted by atomic mass is 32.2. The van der Waals surface area contributed by atoms with Crippen molar-refractivity contribution in [3.05, 3.63) is 0 Å². The van der Waals surface area contributed by atoms with Gasteiger partial charge in [0, 0.05) is 39.7 Å². The summed E-state index contributed by atoms with van der Waals surface area (Å²) in [5, 5.41) is 11.7. The van der Waals surface area contributed by atoms with E-state index in [1.807, 2.05) is 0 Å². The van der Waals surface area contributed by atoms with Gasteiger partial charge in [-0.1, -0.05) is 18.9 Å². The number of ether oxygens (including phenoxy) is 1. The lowest BCUT2D eigenvalue weighted by Crippen LogP contribution is -2.50. The molecule has 0 N–H and O–H groups in total. The van der Waals surface area contributed by atoms with Crippen LogP contribution < -0.4 is 4.90 Å². The molecule has 0 saturated carbocycles. The van der Waals surface area contributed by atoms with Crippen molar-refractivity contribution in [3.63, 3.8) is 0 Å². The average Bonchev–Trinajstić information content (AvgIpc) is 2.92. The first-order valence-corrected chi connectivity index (χ1v) is 9.22. The van der Waals surface area contributed by atoms with Crippen LogP contribution in [0.4, 0.5) is 5.95 Å². The Morgan fingerprint density at radius 1 is 1.39 bits per heavy atom. The van der Waals surface area contributed by atoms with Crippen LogP contribution in [0.2, 0.25) is 0 Å². The van der Waals surface area contributed by atoms with E-state index in [4.69, 9.17) is 4.74 Å². The lowest BCUT2D eigenvalue weighted by Gasteiger charge is -2.43. The van der Waals surface area contributed by atoms with Crippen molar-refractivity contribution >= 4 is 16.0 Å². The molecule has 1 aromatic rings. The molecule has 132 valence electrons. The normalized spacial score (nSPS) is 21.8. The van der Waals surface area contributed by atoms with E-state index in [0.717, 1.165) is 19.5 Å². The average molecular weight is 346 g/mol. The third kappa shape index (κ3) is 3.99. The second kappa shape index (κ2) is 6.70. The van der Waals surface area contributed by atoms with Crippen molar-refractivity contribution in [2.24, 2.45) is 5.41 Å². The summed E-state index contributed by atoms with van der Waals surface area (Å²) in [6.07, 6.45) is 1.07. The summed E-state index contributed by atoms with van der Waals surface area (Å²) in [6, 6.07) is 0. The molecule has 1 aliphatic heterocycles. The summed E-state index contributed by atoms with van der Waals surface area (Å²) in [5.74, 6) is 0.581. The fourth-order valence-electron chi connectivity index (χ4n) is 2.90. The van der Waals surface area contributed by atoms with Crippen molar-refractivity contribution in [1.29, 1.82) is 0 Å². The zero-order valence-corrected chi connectivity index (χ0v) is 15.2. The molecule has 1 aromatic heterocycles. The Balaban J connectivity index is 2.10. The van der Waals surface area contributed by atoms with Gasteiger partial charge in [-0.2, -0.15) is 0 Å². The van der Waals surface area contributed by atoms with Gasteiger partial charge in [-0.15, -0.1) is 0 Å². The summed E-state index contributed by atoms with van der Waals surface area (Å²) in [6.45, 7) is 6.07. The first-order valence-electron chi connectivity index (χ1n) is 7.61. The minimum absolute atomic E-state index is 0.0283. The molecule has 0 aromatic carbocycles.